The fraction of sp³-hybridized carbons (Fsp3) is 0.450. The number of sulfonamides is 1. The number of aliphatic hydroxyl groups excluding tert-OH is 1. The van der Waals surface area contributed by atoms with Crippen LogP contribution in [0.15, 0.2) is 40.8 Å². The third-order valence-electron chi connectivity index (χ3n) is 5.22. The van der Waals surface area contributed by atoms with Gasteiger partial charge in [-0.15, -0.1) is 0 Å². The Kier molecular flexibility index (Phi) is 7.29. The summed E-state index contributed by atoms with van der Waals surface area (Å²) in [5, 5.41) is 12.1. The fourth-order valence-electron chi connectivity index (χ4n) is 3.50. The average Bonchev–Trinajstić information content (AvgIpc) is 2.97. The Bertz CT molecular complexity index is 1040. The summed E-state index contributed by atoms with van der Waals surface area (Å²) in [6.07, 6.45) is 0.266. The van der Waals surface area contributed by atoms with E-state index in [9.17, 15) is 27.9 Å². The van der Waals surface area contributed by atoms with Crippen LogP contribution in [0.1, 0.15) is 18.4 Å². The average molecular weight is 467 g/mol. The molecule has 0 bridgehead atoms. The minimum Gasteiger partial charge on any atom is -0.434 e. The lowest BCUT2D eigenvalue weighted by molar-refractivity contribution is -0.155. The van der Waals surface area contributed by atoms with Crippen molar-refractivity contribution in [3.05, 3.63) is 41.5 Å². The molecular weight excluding hydrogens is 440 g/mol. The smallest absolute Gasteiger partial charge is 0.310 e. The quantitative estimate of drug-likeness (QED) is 0.278. The van der Waals surface area contributed by atoms with Crippen LogP contribution >= 0.6 is 0 Å². The lowest BCUT2D eigenvalue weighted by Gasteiger charge is -2.24. The van der Waals surface area contributed by atoms with Gasteiger partial charge in [0.15, 0.2) is 0 Å². The molecule has 1 aromatic carbocycles. The number of benzene rings is 1. The van der Waals surface area contributed by atoms with E-state index in [4.69, 9.17) is 5.73 Å². The first-order valence-corrected chi connectivity index (χ1v) is 11.5. The van der Waals surface area contributed by atoms with Crippen LogP contribution < -0.4 is 15.8 Å². The summed E-state index contributed by atoms with van der Waals surface area (Å²) in [6, 6.07) is 4.78. The molecule has 0 aliphatic carbocycles. The van der Waals surface area contributed by atoms with Crippen LogP contribution in [0.25, 0.3) is 0 Å². The number of nitrogens with one attached hydrogen (secondary N) is 2. The van der Waals surface area contributed by atoms with Crippen LogP contribution in [0, 0.1) is 6.92 Å². The van der Waals surface area contributed by atoms with Gasteiger partial charge in [-0.05, 0) is 30.5 Å². The second-order valence-corrected chi connectivity index (χ2v) is 9.48. The lowest BCUT2D eigenvalue weighted by atomic mass is 10.2. The first-order valence-electron chi connectivity index (χ1n) is 10.0. The van der Waals surface area contributed by atoms with Gasteiger partial charge in [-0.3, -0.25) is 14.4 Å². The Hall–Kier alpha value is -2.80. The zero-order chi connectivity index (χ0) is 23.5. The van der Waals surface area contributed by atoms with Crippen LogP contribution in [0.5, 0.6) is 0 Å². The van der Waals surface area contributed by atoms with Gasteiger partial charge in [-0.1, -0.05) is 24.3 Å². The van der Waals surface area contributed by atoms with Gasteiger partial charge in [-0.2, -0.15) is 0 Å². The molecule has 12 heteroatoms. The number of nitrogens with zero attached hydrogens (tertiary/aromatic N) is 1. The van der Waals surface area contributed by atoms with Gasteiger partial charge in [0, 0.05) is 13.1 Å². The fourth-order valence-corrected chi connectivity index (χ4v) is 4.78. The van der Waals surface area contributed by atoms with Crippen molar-refractivity contribution in [2.24, 2.45) is 5.73 Å². The van der Waals surface area contributed by atoms with E-state index in [2.05, 4.69) is 14.8 Å². The molecule has 0 spiro atoms. The summed E-state index contributed by atoms with van der Waals surface area (Å²) >= 11 is 0. The zero-order valence-electron chi connectivity index (χ0n) is 17.5. The van der Waals surface area contributed by atoms with Crippen LogP contribution in [0.2, 0.25) is 0 Å². The first kappa shape index (κ1) is 23.9. The highest BCUT2D eigenvalue weighted by Crippen LogP contribution is 2.16. The number of hydrogen-bond acceptors (Lipinski definition) is 8. The Morgan fingerprint density at radius 3 is 2.69 bits per heavy atom. The minimum absolute atomic E-state index is 0.00110. The SMILES string of the molecule is Cc1ccccc1S(=O)(=O)NCC1=CCC(N)C(=O)N(CC(=O)NC2CC(=O)OC2O)C1. The first-order chi connectivity index (χ1) is 15.1. The van der Waals surface area contributed by atoms with Crippen molar-refractivity contribution in [1.29, 1.82) is 0 Å². The van der Waals surface area contributed by atoms with Crippen LogP contribution in [-0.4, -0.2) is 74.2 Å². The maximum atomic E-state index is 12.6. The molecule has 3 atom stereocenters. The van der Waals surface area contributed by atoms with E-state index in [0.717, 1.165) is 0 Å². The lowest BCUT2D eigenvalue weighted by Crippen LogP contribution is -2.50. The number of amides is 2. The Balaban J connectivity index is 1.64. The summed E-state index contributed by atoms with van der Waals surface area (Å²) in [5.74, 6) is -1.70. The van der Waals surface area contributed by atoms with E-state index < -0.39 is 46.2 Å². The number of carbonyl (C=O) groups is 3. The molecule has 5 N–H and O–H groups in total. The molecule has 2 amide bonds. The maximum absolute atomic E-state index is 12.6. The largest absolute Gasteiger partial charge is 0.434 e. The zero-order valence-corrected chi connectivity index (χ0v) is 18.3. The van der Waals surface area contributed by atoms with Crippen molar-refractivity contribution < 1.29 is 32.6 Å². The molecule has 2 aliphatic heterocycles. The molecular formula is C20H26N4O7S. The molecule has 11 nitrogen and oxygen atoms in total. The number of ether oxygens (including phenoxy) is 1. The number of hydrogen-bond donors (Lipinski definition) is 4. The van der Waals surface area contributed by atoms with E-state index in [-0.39, 0.29) is 37.4 Å². The number of rotatable bonds is 7. The number of aliphatic hydroxyl groups is 1. The van der Waals surface area contributed by atoms with Gasteiger partial charge in [0.1, 0.15) is 6.04 Å². The normalized spacial score (nSPS) is 24.0. The summed E-state index contributed by atoms with van der Waals surface area (Å²) in [5.41, 5.74) is 7.07. The summed E-state index contributed by atoms with van der Waals surface area (Å²) < 4.78 is 32.4. The van der Waals surface area contributed by atoms with Gasteiger partial charge in [0.2, 0.25) is 28.1 Å². The predicted octanol–water partition coefficient (Wildman–Crippen LogP) is -1.49. The van der Waals surface area contributed by atoms with E-state index in [1.54, 1.807) is 31.2 Å². The van der Waals surface area contributed by atoms with E-state index >= 15 is 0 Å². The molecule has 3 rings (SSSR count). The molecule has 0 radical (unpaired) electrons. The number of nitrogens with two attached hydrogens (primary N) is 1. The van der Waals surface area contributed by atoms with Crippen molar-refractivity contribution in [1.82, 2.24) is 14.9 Å². The van der Waals surface area contributed by atoms with E-state index in [0.29, 0.717) is 11.1 Å². The highest BCUT2D eigenvalue weighted by molar-refractivity contribution is 7.89. The Labute approximate surface area is 185 Å². The third kappa shape index (κ3) is 5.71. The summed E-state index contributed by atoms with van der Waals surface area (Å²) in [7, 11) is -3.78. The highest BCUT2D eigenvalue weighted by Gasteiger charge is 2.35. The van der Waals surface area contributed by atoms with Gasteiger partial charge in [0.25, 0.3) is 0 Å². The number of aryl methyl sites for hydroxylation is 1. The summed E-state index contributed by atoms with van der Waals surface area (Å²) in [4.78, 5) is 37.5. The topological polar surface area (TPSA) is 168 Å². The van der Waals surface area contributed by atoms with Crippen molar-refractivity contribution >= 4 is 27.8 Å². The van der Waals surface area contributed by atoms with E-state index in [1.165, 1.54) is 11.0 Å². The number of carbonyl (C=O) groups excluding carboxylic acids is 3. The third-order valence-corrected chi connectivity index (χ3v) is 6.78. The second kappa shape index (κ2) is 9.77. The van der Waals surface area contributed by atoms with E-state index in [1.807, 2.05) is 0 Å². The van der Waals surface area contributed by atoms with Crippen molar-refractivity contribution in [3.8, 4) is 0 Å². The van der Waals surface area contributed by atoms with Gasteiger partial charge in [0.05, 0.1) is 23.9 Å². The maximum Gasteiger partial charge on any atom is 0.310 e. The molecule has 0 aromatic heterocycles. The number of cyclic esters (lactones) is 1. The highest BCUT2D eigenvalue weighted by atomic mass is 32.2. The molecule has 174 valence electrons. The van der Waals surface area contributed by atoms with Crippen LogP contribution in [0.4, 0.5) is 0 Å². The van der Waals surface area contributed by atoms with Crippen LogP contribution in [-0.2, 0) is 29.1 Å². The molecule has 1 fully saturated rings. The van der Waals surface area contributed by atoms with Gasteiger partial charge < -0.3 is 25.8 Å². The molecule has 32 heavy (non-hydrogen) atoms. The van der Waals surface area contributed by atoms with Crippen molar-refractivity contribution in [3.63, 3.8) is 0 Å². The van der Waals surface area contributed by atoms with Crippen molar-refractivity contribution in [2.45, 2.75) is 43.0 Å². The van der Waals surface area contributed by atoms with Crippen LogP contribution in [0.3, 0.4) is 0 Å². The Morgan fingerprint density at radius 1 is 1.31 bits per heavy atom. The molecule has 3 unspecified atom stereocenters. The van der Waals surface area contributed by atoms with Gasteiger partial charge >= 0.3 is 5.97 Å². The predicted molar refractivity (Wildman–Crippen MR) is 112 cm³/mol. The standard InChI is InChI=1S/C20H26N4O7S/c1-12-4-2-3-5-16(12)32(29,30)22-9-13-6-7-14(21)19(27)24(10-13)11-17(25)23-15-8-18(26)31-20(15)28/h2-6,14-15,20,22,28H,7-11,21H2,1H3,(H,23,25). The summed E-state index contributed by atoms with van der Waals surface area (Å²) in [6.45, 7) is 1.26. The molecule has 0 saturated carbocycles. The second-order valence-electron chi connectivity index (χ2n) is 7.75. The number of esters is 1. The van der Waals surface area contributed by atoms with Gasteiger partial charge in [-0.25, -0.2) is 13.1 Å². The molecule has 1 aromatic rings. The minimum atomic E-state index is -3.78. The van der Waals surface area contributed by atoms with Crippen molar-refractivity contribution in [2.75, 3.05) is 19.6 Å². The monoisotopic (exact) mass is 466 g/mol. The molecule has 1 saturated heterocycles. The molecule has 2 heterocycles. The molecule has 2 aliphatic rings. The Morgan fingerprint density at radius 2 is 2.03 bits per heavy atom.